The Morgan fingerprint density at radius 2 is 2.03 bits per heavy atom. The highest BCUT2D eigenvalue weighted by molar-refractivity contribution is 6.33. The Kier molecular flexibility index (Phi) is 5.98. The zero-order valence-corrected chi connectivity index (χ0v) is 20.1. The molecule has 1 aliphatic carbocycles. The van der Waals surface area contributed by atoms with Gasteiger partial charge in [0, 0.05) is 12.1 Å². The van der Waals surface area contributed by atoms with E-state index >= 15 is 0 Å². The van der Waals surface area contributed by atoms with E-state index < -0.39 is 0 Å². The van der Waals surface area contributed by atoms with Gasteiger partial charge in [0.2, 0.25) is 5.88 Å². The zero-order valence-electron chi connectivity index (χ0n) is 19.4. The van der Waals surface area contributed by atoms with Crippen molar-refractivity contribution in [2.75, 3.05) is 11.9 Å². The number of nitrogens with one attached hydrogen (secondary N) is 1. The number of aromatic nitrogens is 2. The Balaban J connectivity index is 1.20. The fourth-order valence-corrected chi connectivity index (χ4v) is 5.19. The summed E-state index contributed by atoms with van der Waals surface area (Å²) in [4.78, 5) is 26.8. The molecule has 0 spiro atoms. The Morgan fingerprint density at radius 3 is 2.68 bits per heavy atom. The number of rotatable bonds is 6. The average Bonchev–Trinajstić information content (AvgIpc) is 3.47. The van der Waals surface area contributed by atoms with Gasteiger partial charge in [0.05, 0.1) is 29.5 Å². The molecule has 5 rings (SSSR count). The minimum Gasteiger partial charge on any atom is -0.477 e. The minimum absolute atomic E-state index is 0.141. The molecule has 1 amide bonds. The molecule has 2 bridgehead atoms. The van der Waals surface area contributed by atoms with Crippen LogP contribution in [0, 0.1) is 19.4 Å². The van der Waals surface area contributed by atoms with Gasteiger partial charge in [0.25, 0.3) is 0 Å². The van der Waals surface area contributed by atoms with Gasteiger partial charge < -0.3 is 19.7 Å². The van der Waals surface area contributed by atoms with Crippen molar-refractivity contribution in [3.05, 3.63) is 46.5 Å². The third kappa shape index (κ3) is 4.62. The maximum Gasteiger partial charge on any atom is 0.410 e. The van der Waals surface area contributed by atoms with Gasteiger partial charge in [0.15, 0.2) is 5.69 Å². The van der Waals surface area contributed by atoms with Crippen LogP contribution in [0.15, 0.2) is 24.5 Å². The number of amides is 1. The molecule has 3 fully saturated rings. The van der Waals surface area contributed by atoms with Crippen LogP contribution in [0.5, 0.6) is 5.88 Å². The Morgan fingerprint density at radius 1 is 1.29 bits per heavy atom. The maximum atomic E-state index is 12.7. The maximum absolute atomic E-state index is 12.7. The zero-order chi connectivity index (χ0) is 23.9. The largest absolute Gasteiger partial charge is 0.477 e. The van der Waals surface area contributed by atoms with E-state index in [1.54, 1.807) is 18.2 Å². The summed E-state index contributed by atoms with van der Waals surface area (Å²) in [5.41, 5.74) is 1.69. The van der Waals surface area contributed by atoms with Crippen molar-refractivity contribution < 1.29 is 14.3 Å². The molecular formula is C25H28ClN5O3. The lowest BCUT2D eigenvalue weighted by atomic mass is 9.91. The number of hydrogen-bond donors (Lipinski definition) is 1. The number of carbonyl (C=O) groups is 1. The van der Waals surface area contributed by atoms with Crippen LogP contribution in [0.2, 0.25) is 5.02 Å². The van der Waals surface area contributed by atoms with E-state index in [1.807, 2.05) is 18.7 Å². The van der Waals surface area contributed by atoms with Crippen molar-refractivity contribution >= 4 is 34.9 Å². The molecule has 9 heteroatoms. The van der Waals surface area contributed by atoms with Gasteiger partial charge in [-0.15, -0.1) is 0 Å². The van der Waals surface area contributed by atoms with Crippen LogP contribution in [0.4, 0.5) is 22.0 Å². The first-order valence-corrected chi connectivity index (χ1v) is 12.1. The molecule has 1 aromatic carbocycles. The van der Waals surface area contributed by atoms with Crippen LogP contribution in [0.25, 0.3) is 4.85 Å². The molecule has 2 atom stereocenters. The summed E-state index contributed by atoms with van der Waals surface area (Å²) in [6, 6.07) is 5.54. The number of hydrogen-bond acceptors (Lipinski definition) is 6. The smallest absolute Gasteiger partial charge is 0.410 e. The van der Waals surface area contributed by atoms with Gasteiger partial charge in [-0.1, -0.05) is 17.7 Å². The highest BCUT2D eigenvalue weighted by Gasteiger charge is 2.48. The topological polar surface area (TPSA) is 80.9 Å². The van der Waals surface area contributed by atoms with Gasteiger partial charge >= 0.3 is 6.09 Å². The number of anilines is 2. The molecule has 2 aliphatic heterocycles. The van der Waals surface area contributed by atoms with Gasteiger partial charge in [0.1, 0.15) is 17.7 Å². The lowest BCUT2D eigenvalue weighted by Crippen LogP contribution is -2.48. The van der Waals surface area contributed by atoms with E-state index in [9.17, 15) is 4.79 Å². The van der Waals surface area contributed by atoms with E-state index in [1.165, 1.54) is 6.33 Å². The SMILES string of the molecule is [C-]#[N+]c1ccc(Nc2ncnc(OCC3CC4CCC(C3)N4C(=O)OC3(C)CC3)c2C)c(Cl)c1. The summed E-state index contributed by atoms with van der Waals surface area (Å²) in [6.07, 6.45) is 7.14. The monoisotopic (exact) mass is 481 g/mol. The van der Waals surface area contributed by atoms with Gasteiger partial charge in [-0.25, -0.2) is 19.6 Å². The number of carbonyl (C=O) groups excluding carboxylic acids is 1. The van der Waals surface area contributed by atoms with E-state index in [4.69, 9.17) is 27.6 Å². The van der Waals surface area contributed by atoms with E-state index in [0.717, 1.165) is 44.1 Å². The normalized spacial score (nSPS) is 24.3. The number of nitrogens with zero attached hydrogens (tertiary/aromatic N) is 4. The fraction of sp³-hybridized carbons (Fsp3) is 0.520. The van der Waals surface area contributed by atoms with Crippen molar-refractivity contribution in [1.29, 1.82) is 0 Å². The van der Waals surface area contributed by atoms with Crippen LogP contribution < -0.4 is 10.1 Å². The van der Waals surface area contributed by atoms with E-state index in [0.29, 0.717) is 40.6 Å². The summed E-state index contributed by atoms with van der Waals surface area (Å²) in [5.74, 6) is 1.50. The molecule has 2 unspecified atom stereocenters. The summed E-state index contributed by atoms with van der Waals surface area (Å²) in [7, 11) is 0. The highest BCUT2D eigenvalue weighted by Crippen LogP contribution is 2.43. The first kappa shape index (κ1) is 22.7. The molecule has 1 saturated carbocycles. The Bertz CT molecular complexity index is 1130. The average molecular weight is 482 g/mol. The molecule has 178 valence electrons. The van der Waals surface area contributed by atoms with Crippen LogP contribution in [-0.2, 0) is 4.74 Å². The number of fused-ring (bicyclic) bond motifs is 2. The molecular weight excluding hydrogens is 454 g/mol. The molecule has 2 aromatic rings. The summed E-state index contributed by atoms with van der Waals surface area (Å²) in [6.45, 7) is 11.6. The summed E-state index contributed by atoms with van der Waals surface area (Å²) >= 11 is 6.30. The van der Waals surface area contributed by atoms with Crippen LogP contribution in [0.1, 0.15) is 51.0 Å². The minimum atomic E-state index is -0.240. The number of benzene rings is 1. The quantitative estimate of drug-likeness (QED) is 0.506. The van der Waals surface area contributed by atoms with Crippen molar-refractivity contribution in [3.8, 4) is 5.88 Å². The fourth-order valence-electron chi connectivity index (χ4n) is 4.97. The third-order valence-corrected chi connectivity index (χ3v) is 7.47. The van der Waals surface area contributed by atoms with E-state index in [-0.39, 0.29) is 23.8 Å². The van der Waals surface area contributed by atoms with Crippen molar-refractivity contribution in [1.82, 2.24) is 14.9 Å². The van der Waals surface area contributed by atoms with Gasteiger partial charge in [-0.05, 0) is 70.4 Å². The molecule has 1 N–H and O–H groups in total. The number of ether oxygens (including phenoxy) is 2. The van der Waals surface area contributed by atoms with Crippen molar-refractivity contribution in [3.63, 3.8) is 0 Å². The molecule has 3 aliphatic rings. The third-order valence-electron chi connectivity index (χ3n) is 7.16. The Hall–Kier alpha value is -3.05. The molecule has 0 radical (unpaired) electrons. The molecule has 1 aromatic heterocycles. The highest BCUT2D eigenvalue weighted by atomic mass is 35.5. The molecule has 8 nitrogen and oxygen atoms in total. The number of piperidine rings is 1. The van der Waals surface area contributed by atoms with Crippen molar-refractivity contribution in [2.45, 2.75) is 70.1 Å². The van der Waals surface area contributed by atoms with Gasteiger partial charge in [-0.2, -0.15) is 0 Å². The Labute approximate surface area is 204 Å². The van der Waals surface area contributed by atoms with E-state index in [2.05, 4.69) is 20.1 Å². The number of halogens is 1. The lowest BCUT2D eigenvalue weighted by Gasteiger charge is -2.38. The van der Waals surface area contributed by atoms with Crippen LogP contribution in [-0.4, -0.2) is 45.3 Å². The predicted octanol–water partition coefficient (Wildman–Crippen LogP) is 6.04. The summed E-state index contributed by atoms with van der Waals surface area (Å²) in [5, 5.41) is 3.66. The second kappa shape index (κ2) is 8.95. The molecule has 2 saturated heterocycles. The molecule has 3 heterocycles. The van der Waals surface area contributed by atoms with Crippen LogP contribution in [0.3, 0.4) is 0 Å². The first-order chi connectivity index (χ1) is 16.3. The second-order valence-electron chi connectivity index (χ2n) is 9.81. The van der Waals surface area contributed by atoms with Crippen molar-refractivity contribution in [2.24, 2.45) is 5.92 Å². The standard InChI is InChI=1S/C25H28ClN5O3/c1-15-22(30-21-7-4-17(27-3)12-20(21)26)28-14-29-23(15)33-13-16-10-18-5-6-19(11-16)31(18)24(32)34-25(2)8-9-25/h4,7,12,14,16,18-19H,5-6,8-11,13H2,1-2H3,(H,28,29,30). The second-order valence-corrected chi connectivity index (χ2v) is 10.2. The predicted molar refractivity (Wildman–Crippen MR) is 129 cm³/mol. The lowest BCUT2D eigenvalue weighted by molar-refractivity contribution is 0.0219. The van der Waals surface area contributed by atoms with Crippen LogP contribution >= 0.6 is 11.6 Å². The van der Waals surface area contributed by atoms with Gasteiger partial charge in [-0.3, -0.25) is 0 Å². The molecule has 34 heavy (non-hydrogen) atoms. The first-order valence-electron chi connectivity index (χ1n) is 11.7. The summed E-state index contributed by atoms with van der Waals surface area (Å²) < 4.78 is 11.9.